The van der Waals surface area contributed by atoms with Crippen molar-refractivity contribution in [1.82, 2.24) is 24.1 Å². The fourth-order valence-corrected chi connectivity index (χ4v) is 10.4. The standard InChI is InChI=1S/C63H39N5O/c1-5-16-40(17-6-1)61-64-62(41-18-7-2-8-19-41)66-63(65-61)51-25-15-27-59-60(51)53-37-43(31-35-58(53)69-59)45-29-33-50-52-36-42(30-34-55(52)68(57(50)39-45)47-22-11-4-12-23-47)44-28-32-49-48-24-13-14-26-54(48)67(56(49)38-44)46-20-9-3-10-21-46/h1-39H. The maximum Gasteiger partial charge on any atom is 0.164 e. The van der Waals surface area contributed by atoms with Crippen molar-refractivity contribution in [1.29, 1.82) is 0 Å². The van der Waals surface area contributed by atoms with Crippen molar-refractivity contribution in [3.05, 3.63) is 237 Å². The quantitative estimate of drug-likeness (QED) is 0.160. The van der Waals surface area contributed by atoms with Crippen LogP contribution in [-0.4, -0.2) is 24.1 Å². The monoisotopic (exact) mass is 881 g/mol. The molecule has 0 unspecified atom stereocenters. The van der Waals surface area contributed by atoms with E-state index in [0.717, 1.165) is 72.2 Å². The van der Waals surface area contributed by atoms with Gasteiger partial charge in [-0.25, -0.2) is 15.0 Å². The van der Waals surface area contributed by atoms with Crippen LogP contribution in [0.3, 0.4) is 0 Å². The lowest BCUT2D eigenvalue weighted by atomic mass is 9.98. The minimum atomic E-state index is 0.591. The summed E-state index contributed by atoms with van der Waals surface area (Å²) in [6, 6.07) is 83.5. The first kappa shape index (κ1) is 38.8. The van der Waals surface area contributed by atoms with E-state index in [-0.39, 0.29) is 0 Å². The van der Waals surface area contributed by atoms with Gasteiger partial charge < -0.3 is 13.6 Å². The molecule has 4 aromatic heterocycles. The van der Waals surface area contributed by atoms with Gasteiger partial charge in [-0.3, -0.25) is 0 Å². The predicted octanol–water partition coefficient (Wildman–Crippen LogP) is 16.3. The van der Waals surface area contributed by atoms with E-state index >= 15 is 0 Å². The molecule has 322 valence electrons. The normalized spacial score (nSPS) is 11.8. The van der Waals surface area contributed by atoms with Crippen LogP contribution in [-0.2, 0) is 0 Å². The molecule has 0 radical (unpaired) electrons. The van der Waals surface area contributed by atoms with Crippen molar-refractivity contribution in [2.75, 3.05) is 0 Å². The molecule has 0 saturated carbocycles. The average Bonchev–Trinajstić information content (AvgIpc) is 4.08. The highest BCUT2D eigenvalue weighted by molar-refractivity contribution is 6.15. The van der Waals surface area contributed by atoms with Crippen LogP contribution in [0.15, 0.2) is 241 Å². The maximum atomic E-state index is 6.56. The number of hydrogen-bond donors (Lipinski definition) is 0. The van der Waals surface area contributed by atoms with E-state index in [9.17, 15) is 0 Å². The van der Waals surface area contributed by atoms with E-state index < -0.39 is 0 Å². The van der Waals surface area contributed by atoms with Gasteiger partial charge in [0.15, 0.2) is 17.5 Å². The Morgan fingerprint density at radius 2 is 0.739 bits per heavy atom. The summed E-state index contributed by atoms with van der Waals surface area (Å²) in [5, 5.41) is 6.84. The summed E-state index contributed by atoms with van der Waals surface area (Å²) in [6.45, 7) is 0. The number of para-hydroxylation sites is 3. The van der Waals surface area contributed by atoms with Crippen molar-refractivity contribution in [3.8, 4) is 67.8 Å². The molecule has 0 aliphatic rings. The number of benzene rings is 10. The minimum Gasteiger partial charge on any atom is -0.456 e. The summed E-state index contributed by atoms with van der Waals surface area (Å²) >= 11 is 0. The molecule has 0 amide bonds. The lowest BCUT2D eigenvalue weighted by molar-refractivity contribution is 0.669. The Kier molecular flexibility index (Phi) is 8.79. The van der Waals surface area contributed by atoms with Gasteiger partial charge in [-0.15, -0.1) is 0 Å². The average molecular weight is 882 g/mol. The van der Waals surface area contributed by atoms with Crippen LogP contribution in [0.5, 0.6) is 0 Å². The zero-order chi connectivity index (χ0) is 45.4. The van der Waals surface area contributed by atoms with Gasteiger partial charge in [0.2, 0.25) is 0 Å². The number of fused-ring (bicyclic) bond motifs is 9. The molecule has 0 bridgehead atoms. The molecule has 0 saturated heterocycles. The van der Waals surface area contributed by atoms with Crippen LogP contribution >= 0.6 is 0 Å². The lowest BCUT2D eigenvalue weighted by Crippen LogP contribution is -2.00. The summed E-state index contributed by atoms with van der Waals surface area (Å²) in [7, 11) is 0. The predicted molar refractivity (Wildman–Crippen MR) is 283 cm³/mol. The largest absolute Gasteiger partial charge is 0.456 e. The minimum absolute atomic E-state index is 0.591. The van der Waals surface area contributed by atoms with E-state index in [0.29, 0.717) is 17.5 Å². The molecular formula is C63H39N5O. The number of hydrogen-bond acceptors (Lipinski definition) is 4. The summed E-state index contributed by atoms with van der Waals surface area (Å²) in [5.74, 6) is 1.83. The van der Waals surface area contributed by atoms with Gasteiger partial charge >= 0.3 is 0 Å². The third-order valence-corrected chi connectivity index (χ3v) is 13.6. The summed E-state index contributed by atoms with van der Waals surface area (Å²) in [4.78, 5) is 15.2. The van der Waals surface area contributed by atoms with Gasteiger partial charge in [0.1, 0.15) is 11.2 Å². The van der Waals surface area contributed by atoms with Crippen molar-refractivity contribution >= 4 is 65.6 Å². The molecular weight excluding hydrogens is 843 g/mol. The van der Waals surface area contributed by atoms with E-state index in [1.807, 2.05) is 72.8 Å². The van der Waals surface area contributed by atoms with Crippen LogP contribution in [0.1, 0.15) is 0 Å². The second-order valence-electron chi connectivity index (χ2n) is 17.6. The fourth-order valence-electron chi connectivity index (χ4n) is 10.4. The van der Waals surface area contributed by atoms with E-state index in [2.05, 4.69) is 173 Å². The first-order valence-electron chi connectivity index (χ1n) is 23.3. The Hall–Kier alpha value is -9.39. The Bertz CT molecular complexity index is 4230. The maximum absolute atomic E-state index is 6.56. The van der Waals surface area contributed by atoms with Gasteiger partial charge in [-0.1, -0.05) is 164 Å². The van der Waals surface area contributed by atoms with Crippen molar-refractivity contribution in [3.63, 3.8) is 0 Å². The molecule has 0 aliphatic carbocycles. The highest BCUT2D eigenvalue weighted by Crippen LogP contribution is 2.42. The molecule has 0 aliphatic heterocycles. The van der Waals surface area contributed by atoms with Crippen LogP contribution < -0.4 is 0 Å². The van der Waals surface area contributed by atoms with Gasteiger partial charge in [-0.2, -0.15) is 0 Å². The van der Waals surface area contributed by atoms with Crippen molar-refractivity contribution in [2.45, 2.75) is 0 Å². The Morgan fingerprint density at radius 3 is 1.36 bits per heavy atom. The third kappa shape index (κ3) is 6.38. The third-order valence-electron chi connectivity index (χ3n) is 13.6. The van der Waals surface area contributed by atoms with Crippen LogP contribution in [0.25, 0.3) is 133 Å². The molecule has 0 spiro atoms. The molecule has 0 fully saturated rings. The molecule has 69 heavy (non-hydrogen) atoms. The van der Waals surface area contributed by atoms with Gasteiger partial charge in [0, 0.05) is 60.4 Å². The Labute approximate surface area is 396 Å². The molecule has 0 atom stereocenters. The lowest BCUT2D eigenvalue weighted by Gasteiger charge is -2.10. The molecule has 0 N–H and O–H groups in total. The summed E-state index contributed by atoms with van der Waals surface area (Å²) in [6.07, 6.45) is 0. The summed E-state index contributed by atoms with van der Waals surface area (Å²) in [5.41, 5.74) is 15.8. The number of nitrogens with zero attached hydrogens (tertiary/aromatic N) is 5. The van der Waals surface area contributed by atoms with E-state index in [4.69, 9.17) is 19.4 Å². The van der Waals surface area contributed by atoms with Crippen molar-refractivity contribution < 1.29 is 4.42 Å². The number of rotatable bonds is 7. The van der Waals surface area contributed by atoms with Crippen molar-refractivity contribution in [2.24, 2.45) is 0 Å². The smallest absolute Gasteiger partial charge is 0.164 e. The topological polar surface area (TPSA) is 61.7 Å². The number of aromatic nitrogens is 5. The molecule has 10 aromatic carbocycles. The van der Waals surface area contributed by atoms with Gasteiger partial charge in [-0.05, 0) is 95.1 Å². The SMILES string of the molecule is c1ccc(-c2nc(-c3ccccc3)nc(-c3cccc4oc5ccc(-c6ccc7c8cc(-c9ccc%10c%11ccccc%11n(-c%11ccccc%11)c%10c9)ccc8n(-c8ccccc8)c7c6)cc5c34)n2)cc1. The molecule has 6 heteroatoms. The second-order valence-corrected chi connectivity index (χ2v) is 17.6. The van der Waals surface area contributed by atoms with E-state index in [1.54, 1.807) is 0 Å². The Morgan fingerprint density at radius 1 is 0.275 bits per heavy atom. The zero-order valence-electron chi connectivity index (χ0n) is 37.2. The molecule has 4 heterocycles. The second kappa shape index (κ2) is 15.6. The van der Waals surface area contributed by atoms with Gasteiger partial charge in [0.25, 0.3) is 0 Å². The molecule has 6 nitrogen and oxygen atoms in total. The highest BCUT2D eigenvalue weighted by atomic mass is 16.3. The van der Waals surface area contributed by atoms with Crippen LogP contribution in [0, 0.1) is 0 Å². The van der Waals surface area contributed by atoms with Gasteiger partial charge in [0.05, 0.1) is 22.1 Å². The Balaban J connectivity index is 0.921. The fraction of sp³-hybridized carbons (Fsp3) is 0. The number of furan rings is 1. The molecule has 14 rings (SSSR count). The summed E-state index contributed by atoms with van der Waals surface area (Å²) < 4.78 is 11.3. The zero-order valence-corrected chi connectivity index (χ0v) is 37.2. The molecule has 14 aromatic rings. The van der Waals surface area contributed by atoms with Crippen LogP contribution in [0.4, 0.5) is 0 Å². The first-order chi connectivity index (χ1) is 34.2. The van der Waals surface area contributed by atoms with Crippen LogP contribution in [0.2, 0.25) is 0 Å². The highest BCUT2D eigenvalue weighted by Gasteiger charge is 2.20. The van der Waals surface area contributed by atoms with E-state index in [1.165, 1.54) is 43.7 Å². The first-order valence-corrected chi connectivity index (χ1v) is 23.3.